The Bertz CT molecular complexity index is 389. The van der Waals surface area contributed by atoms with E-state index in [1.165, 1.54) is 5.56 Å². The second-order valence-electron chi connectivity index (χ2n) is 3.93. The standard InChI is InChI=1S/C15H21NO/c1-4-6-12-17-15-10-8-7-9-14(15)13(3)16-11-5-2/h7-10,13,16H,5,11-12H2,1-3H3. The molecule has 0 aliphatic carbocycles. The van der Waals surface area contributed by atoms with E-state index < -0.39 is 0 Å². The molecule has 1 N–H and O–H groups in total. The van der Waals surface area contributed by atoms with Crippen molar-refractivity contribution in [3.8, 4) is 17.6 Å². The summed E-state index contributed by atoms with van der Waals surface area (Å²) in [6, 6.07) is 8.43. The Balaban J connectivity index is 2.71. The minimum Gasteiger partial charge on any atom is -0.481 e. The fourth-order valence-electron chi connectivity index (χ4n) is 1.63. The van der Waals surface area contributed by atoms with Gasteiger partial charge in [0, 0.05) is 11.6 Å². The Morgan fingerprint density at radius 2 is 2.12 bits per heavy atom. The Kier molecular flexibility index (Phi) is 6.21. The number of benzene rings is 1. The van der Waals surface area contributed by atoms with E-state index in [0.29, 0.717) is 12.6 Å². The van der Waals surface area contributed by atoms with E-state index in [4.69, 9.17) is 4.74 Å². The average Bonchev–Trinajstić information content (AvgIpc) is 2.37. The van der Waals surface area contributed by atoms with Crippen molar-refractivity contribution < 1.29 is 4.74 Å². The summed E-state index contributed by atoms with van der Waals surface area (Å²) in [6.07, 6.45) is 1.13. The molecule has 0 aliphatic rings. The molecule has 1 rings (SSSR count). The maximum atomic E-state index is 5.67. The lowest BCUT2D eigenvalue weighted by Crippen LogP contribution is -2.20. The third-order valence-corrected chi connectivity index (χ3v) is 2.56. The average molecular weight is 231 g/mol. The minimum absolute atomic E-state index is 0.306. The molecule has 1 unspecified atom stereocenters. The van der Waals surface area contributed by atoms with Crippen molar-refractivity contribution in [1.29, 1.82) is 0 Å². The zero-order valence-corrected chi connectivity index (χ0v) is 10.9. The third-order valence-electron chi connectivity index (χ3n) is 2.56. The van der Waals surface area contributed by atoms with Crippen LogP contribution in [0.5, 0.6) is 5.75 Å². The largest absolute Gasteiger partial charge is 0.481 e. The number of hydrogen-bond acceptors (Lipinski definition) is 2. The van der Waals surface area contributed by atoms with Gasteiger partial charge >= 0.3 is 0 Å². The molecule has 0 spiro atoms. The van der Waals surface area contributed by atoms with Crippen LogP contribution in [0, 0.1) is 11.8 Å². The van der Waals surface area contributed by atoms with Crippen molar-refractivity contribution in [2.75, 3.05) is 13.2 Å². The molecule has 92 valence electrons. The van der Waals surface area contributed by atoms with Gasteiger partial charge in [0.2, 0.25) is 0 Å². The molecule has 1 aromatic rings. The molecule has 1 aromatic carbocycles. The SMILES string of the molecule is CC#CCOc1ccccc1C(C)NCCC. The van der Waals surface area contributed by atoms with Gasteiger partial charge in [0.1, 0.15) is 12.4 Å². The van der Waals surface area contributed by atoms with Crippen LogP contribution in [0.4, 0.5) is 0 Å². The van der Waals surface area contributed by atoms with Crippen molar-refractivity contribution in [2.24, 2.45) is 0 Å². The highest BCUT2D eigenvalue weighted by Gasteiger charge is 2.09. The lowest BCUT2D eigenvalue weighted by Gasteiger charge is -2.17. The van der Waals surface area contributed by atoms with Crippen molar-refractivity contribution in [3.63, 3.8) is 0 Å². The van der Waals surface area contributed by atoms with Gasteiger partial charge in [-0.2, -0.15) is 0 Å². The maximum Gasteiger partial charge on any atom is 0.149 e. The molecule has 2 heteroatoms. The summed E-state index contributed by atoms with van der Waals surface area (Å²) in [4.78, 5) is 0. The van der Waals surface area contributed by atoms with Crippen LogP contribution in [-0.2, 0) is 0 Å². The summed E-state index contributed by atoms with van der Waals surface area (Å²) in [6.45, 7) is 7.61. The van der Waals surface area contributed by atoms with Gasteiger partial charge in [-0.05, 0) is 32.9 Å². The zero-order valence-electron chi connectivity index (χ0n) is 10.9. The van der Waals surface area contributed by atoms with Crippen LogP contribution in [0.15, 0.2) is 24.3 Å². The van der Waals surface area contributed by atoms with Gasteiger partial charge < -0.3 is 10.1 Å². The van der Waals surface area contributed by atoms with Gasteiger partial charge in [0.05, 0.1) is 0 Å². The number of rotatable bonds is 6. The van der Waals surface area contributed by atoms with Gasteiger partial charge in [-0.1, -0.05) is 31.0 Å². The summed E-state index contributed by atoms with van der Waals surface area (Å²) >= 11 is 0. The molecule has 2 nitrogen and oxygen atoms in total. The van der Waals surface area contributed by atoms with Crippen LogP contribution < -0.4 is 10.1 Å². The summed E-state index contributed by atoms with van der Waals surface area (Å²) in [5, 5.41) is 3.46. The summed E-state index contributed by atoms with van der Waals surface area (Å²) < 4.78 is 5.67. The molecule has 0 saturated heterocycles. The Labute approximate surface area is 104 Å². The Morgan fingerprint density at radius 3 is 2.82 bits per heavy atom. The van der Waals surface area contributed by atoms with Crippen LogP contribution in [0.25, 0.3) is 0 Å². The molecule has 0 radical (unpaired) electrons. The highest BCUT2D eigenvalue weighted by atomic mass is 16.5. The van der Waals surface area contributed by atoms with Gasteiger partial charge in [-0.25, -0.2) is 0 Å². The molecule has 0 aliphatic heterocycles. The fourth-order valence-corrected chi connectivity index (χ4v) is 1.63. The van der Waals surface area contributed by atoms with Crippen molar-refractivity contribution in [3.05, 3.63) is 29.8 Å². The van der Waals surface area contributed by atoms with E-state index in [0.717, 1.165) is 18.7 Å². The predicted octanol–water partition coefficient (Wildman–Crippen LogP) is 3.15. The first-order valence-corrected chi connectivity index (χ1v) is 6.14. The second-order valence-corrected chi connectivity index (χ2v) is 3.93. The molecule has 0 fully saturated rings. The summed E-state index contributed by atoms with van der Waals surface area (Å²) in [7, 11) is 0. The lowest BCUT2D eigenvalue weighted by atomic mass is 10.1. The van der Waals surface area contributed by atoms with Crippen LogP contribution in [0.1, 0.15) is 38.8 Å². The number of hydrogen-bond donors (Lipinski definition) is 1. The van der Waals surface area contributed by atoms with Gasteiger partial charge in [0.15, 0.2) is 0 Å². The van der Waals surface area contributed by atoms with Crippen molar-refractivity contribution >= 4 is 0 Å². The monoisotopic (exact) mass is 231 g/mol. The Hall–Kier alpha value is -1.46. The molecule has 17 heavy (non-hydrogen) atoms. The molecule has 1 atom stereocenters. The highest BCUT2D eigenvalue weighted by Crippen LogP contribution is 2.24. The van der Waals surface area contributed by atoms with E-state index >= 15 is 0 Å². The first kappa shape index (κ1) is 13.6. The topological polar surface area (TPSA) is 21.3 Å². The van der Waals surface area contributed by atoms with Gasteiger partial charge in [-0.15, -0.1) is 5.92 Å². The van der Waals surface area contributed by atoms with E-state index in [9.17, 15) is 0 Å². The zero-order chi connectivity index (χ0) is 12.5. The number of ether oxygens (including phenoxy) is 1. The maximum absolute atomic E-state index is 5.67. The van der Waals surface area contributed by atoms with Crippen LogP contribution in [0.3, 0.4) is 0 Å². The summed E-state index contributed by atoms with van der Waals surface area (Å²) in [5.74, 6) is 6.67. The third kappa shape index (κ3) is 4.50. The van der Waals surface area contributed by atoms with Crippen molar-refractivity contribution in [1.82, 2.24) is 5.32 Å². The lowest BCUT2D eigenvalue weighted by molar-refractivity contribution is 0.360. The normalized spacial score (nSPS) is 11.5. The molecule has 0 saturated carbocycles. The molecular formula is C15H21NO. The first-order chi connectivity index (χ1) is 8.29. The second kappa shape index (κ2) is 7.76. The summed E-state index contributed by atoms with van der Waals surface area (Å²) in [5.41, 5.74) is 1.19. The molecular weight excluding hydrogens is 210 g/mol. The van der Waals surface area contributed by atoms with E-state index in [1.807, 2.05) is 25.1 Å². The predicted molar refractivity (Wildman–Crippen MR) is 72.1 cm³/mol. The molecule has 0 bridgehead atoms. The van der Waals surface area contributed by atoms with E-state index in [-0.39, 0.29) is 0 Å². The smallest absolute Gasteiger partial charge is 0.149 e. The van der Waals surface area contributed by atoms with Crippen molar-refractivity contribution in [2.45, 2.75) is 33.2 Å². The molecule has 0 aromatic heterocycles. The van der Waals surface area contributed by atoms with Gasteiger partial charge in [0.25, 0.3) is 0 Å². The van der Waals surface area contributed by atoms with Crippen LogP contribution >= 0.6 is 0 Å². The van der Waals surface area contributed by atoms with Gasteiger partial charge in [-0.3, -0.25) is 0 Å². The highest BCUT2D eigenvalue weighted by molar-refractivity contribution is 5.35. The number of nitrogens with one attached hydrogen (secondary N) is 1. The van der Waals surface area contributed by atoms with E-state index in [2.05, 4.69) is 37.1 Å². The first-order valence-electron chi connectivity index (χ1n) is 6.14. The minimum atomic E-state index is 0.306. The molecule has 0 amide bonds. The number of para-hydroxylation sites is 1. The molecule has 0 heterocycles. The Morgan fingerprint density at radius 1 is 1.35 bits per heavy atom. The van der Waals surface area contributed by atoms with E-state index in [1.54, 1.807) is 0 Å². The van der Waals surface area contributed by atoms with Crippen LogP contribution in [-0.4, -0.2) is 13.2 Å². The fraction of sp³-hybridized carbons (Fsp3) is 0.467. The quantitative estimate of drug-likeness (QED) is 0.759. The van der Waals surface area contributed by atoms with Crippen LogP contribution in [0.2, 0.25) is 0 Å².